The van der Waals surface area contributed by atoms with Gasteiger partial charge in [0.1, 0.15) is 11.6 Å². The quantitative estimate of drug-likeness (QED) is 0.217. The van der Waals surface area contributed by atoms with Crippen LogP contribution >= 0.6 is 0 Å². The molecule has 1 fully saturated rings. The number of nitrogens with zero attached hydrogens (tertiary/aromatic N) is 2. The molecule has 1 aliphatic heterocycles. The van der Waals surface area contributed by atoms with Gasteiger partial charge >= 0.3 is 5.97 Å². The van der Waals surface area contributed by atoms with E-state index in [4.69, 9.17) is 0 Å². The molecule has 1 aliphatic rings. The van der Waals surface area contributed by atoms with Gasteiger partial charge in [-0.2, -0.15) is 0 Å². The van der Waals surface area contributed by atoms with Gasteiger partial charge in [-0.1, -0.05) is 20.8 Å². The topological polar surface area (TPSA) is 79.6 Å². The molecule has 8 heteroatoms. The van der Waals surface area contributed by atoms with Gasteiger partial charge in [-0.15, -0.1) is 0 Å². The van der Waals surface area contributed by atoms with Crippen molar-refractivity contribution in [3.63, 3.8) is 0 Å². The largest absolute Gasteiger partial charge is 0.481 e. The monoisotopic (exact) mass is 620 g/mol. The first-order valence-electron chi connectivity index (χ1n) is 15.9. The summed E-state index contributed by atoms with van der Waals surface area (Å²) < 4.78 is 31.4. The number of rotatable bonds is 13. The van der Waals surface area contributed by atoms with E-state index >= 15 is 4.39 Å². The average Bonchev–Trinajstić information content (AvgIpc) is 2.90. The third-order valence-corrected chi connectivity index (χ3v) is 9.01. The van der Waals surface area contributed by atoms with Gasteiger partial charge in [0.05, 0.1) is 12.5 Å². The zero-order valence-electron chi connectivity index (χ0n) is 27.5. The fourth-order valence-electron chi connectivity index (χ4n) is 6.81. The van der Waals surface area contributed by atoms with Gasteiger partial charge in [0.2, 0.25) is 0 Å². The summed E-state index contributed by atoms with van der Waals surface area (Å²) in [4.78, 5) is 41.9. The predicted octanol–water partition coefficient (Wildman–Crippen LogP) is 7.33. The first kappa shape index (κ1) is 34.2. The Morgan fingerprint density at radius 1 is 0.933 bits per heavy atom. The van der Waals surface area contributed by atoms with Crippen molar-refractivity contribution in [2.45, 2.75) is 86.1 Å². The lowest BCUT2D eigenvalue weighted by atomic mass is 9.84. The summed E-state index contributed by atoms with van der Waals surface area (Å²) in [6, 6.07) is 6.84. The molecule has 2 atom stereocenters. The average molecular weight is 621 g/mol. The highest BCUT2D eigenvalue weighted by atomic mass is 19.1. The Morgan fingerprint density at radius 3 is 2.16 bits per heavy atom. The summed E-state index contributed by atoms with van der Waals surface area (Å²) in [6.07, 6.45) is 2.24. The number of benzene rings is 2. The number of halogens is 2. The van der Waals surface area contributed by atoms with Crippen LogP contribution in [0, 0.1) is 51.2 Å². The Morgan fingerprint density at radius 2 is 1.58 bits per heavy atom. The van der Waals surface area contributed by atoms with Crippen molar-refractivity contribution < 1.29 is 23.5 Å². The number of hydrogen-bond acceptors (Lipinski definition) is 4. The molecule has 0 spiro atoms. The molecule has 6 nitrogen and oxygen atoms in total. The highest BCUT2D eigenvalue weighted by molar-refractivity contribution is 5.84. The lowest BCUT2D eigenvalue weighted by Gasteiger charge is -2.37. The van der Waals surface area contributed by atoms with Crippen molar-refractivity contribution >= 4 is 11.8 Å². The van der Waals surface area contributed by atoms with E-state index in [0.29, 0.717) is 34.6 Å². The van der Waals surface area contributed by atoms with Crippen LogP contribution in [-0.4, -0.2) is 46.0 Å². The van der Waals surface area contributed by atoms with Crippen LogP contribution in [0.15, 0.2) is 41.3 Å². The highest BCUT2D eigenvalue weighted by Gasteiger charge is 2.30. The van der Waals surface area contributed by atoms with Crippen molar-refractivity contribution in [2.24, 2.45) is 11.8 Å². The molecular weight excluding hydrogens is 574 g/mol. The summed E-state index contributed by atoms with van der Waals surface area (Å²) in [5, 5.41) is 9.85. The minimum absolute atomic E-state index is 0.0721. The number of carboxylic acid groups (broad SMARTS) is 1. The number of carboxylic acids is 1. The summed E-state index contributed by atoms with van der Waals surface area (Å²) >= 11 is 0. The van der Waals surface area contributed by atoms with Gasteiger partial charge in [0.15, 0.2) is 5.78 Å². The lowest BCUT2D eigenvalue weighted by molar-refractivity contribution is -0.137. The van der Waals surface area contributed by atoms with Crippen LogP contribution in [0.4, 0.5) is 8.78 Å². The zero-order valence-corrected chi connectivity index (χ0v) is 27.5. The molecular formula is C37H46F2N2O4. The number of carbonyl (C=O) groups is 2. The van der Waals surface area contributed by atoms with Crippen LogP contribution in [0.2, 0.25) is 0 Å². The van der Waals surface area contributed by atoms with E-state index in [1.165, 1.54) is 16.7 Å². The third-order valence-electron chi connectivity index (χ3n) is 9.01. The second-order valence-corrected chi connectivity index (χ2v) is 13.6. The number of Topliss-reactive ketones (excluding diaryl/α,β-unsaturated/α-hetero) is 1. The maximum absolute atomic E-state index is 15.8. The Kier molecular flexibility index (Phi) is 10.8. The van der Waals surface area contributed by atoms with E-state index in [1.807, 2.05) is 20.8 Å². The van der Waals surface area contributed by atoms with E-state index in [0.717, 1.165) is 42.7 Å². The molecule has 242 valence electrons. The van der Waals surface area contributed by atoms with Crippen molar-refractivity contribution in [3.05, 3.63) is 91.9 Å². The normalized spacial score (nSPS) is 15.2. The van der Waals surface area contributed by atoms with Crippen LogP contribution < -0.4 is 5.56 Å². The molecule has 4 rings (SSSR count). The minimum Gasteiger partial charge on any atom is -0.481 e. The Labute approximate surface area is 265 Å². The number of aliphatic carboxylic acids is 1. The molecule has 0 aliphatic carbocycles. The maximum Gasteiger partial charge on any atom is 0.303 e. The second-order valence-electron chi connectivity index (χ2n) is 13.6. The van der Waals surface area contributed by atoms with Crippen molar-refractivity contribution in [1.29, 1.82) is 0 Å². The number of likely N-dealkylation sites (tertiary alicyclic amines) is 1. The van der Waals surface area contributed by atoms with Gasteiger partial charge in [-0.25, -0.2) is 8.78 Å². The first-order chi connectivity index (χ1) is 21.1. The molecule has 0 saturated carbocycles. The van der Waals surface area contributed by atoms with Crippen LogP contribution in [0.25, 0.3) is 11.1 Å². The standard InChI is InChI=1S/C37H46F2N2O4/c1-21(2)10-32(41-20-27(23(4)14-34(41)43)8-9-40-18-22(3)19-40)33(42)16-28(17-35(44)45)31-15-29(11-26(7)37(31)39)36-24(5)12-30(38)13-25(36)6/h11-15,20-22,28,32H,8-10,16-19H2,1-7H3,(H,44,45)/t28-,32?/m0/s1. The van der Waals surface area contributed by atoms with Crippen LogP contribution in [0.5, 0.6) is 0 Å². The number of hydrogen-bond donors (Lipinski definition) is 1. The Hall–Kier alpha value is -3.65. The van der Waals surface area contributed by atoms with E-state index in [2.05, 4.69) is 11.8 Å². The summed E-state index contributed by atoms with van der Waals surface area (Å²) in [5.74, 6) is -2.60. The summed E-state index contributed by atoms with van der Waals surface area (Å²) in [7, 11) is 0. The van der Waals surface area contributed by atoms with Gasteiger partial charge in [0, 0.05) is 44.2 Å². The number of ketones is 1. The molecule has 0 amide bonds. The van der Waals surface area contributed by atoms with E-state index in [1.54, 1.807) is 45.2 Å². The summed E-state index contributed by atoms with van der Waals surface area (Å²) in [5.41, 5.74) is 4.75. The van der Waals surface area contributed by atoms with Crippen molar-refractivity contribution in [2.75, 3.05) is 19.6 Å². The molecule has 2 aromatic carbocycles. The molecule has 1 aromatic heterocycles. The fourth-order valence-corrected chi connectivity index (χ4v) is 6.81. The summed E-state index contributed by atoms with van der Waals surface area (Å²) in [6.45, 7) is 16.2. The van der Waals surface area contributed by atoms with E-state index in [9.17, 15) is 23.9 Å². The van der Waals surface area contributed by atoms with Gasteiger partial charge in [0.25, 0.3) is 5.56 Å². The van der Waals surface area contributed by atoms with E-state index in [-0.39, 0.29) is 35.1 Å². The van der Waals surface area contributed by atoms with Crippen molar-refractivity contribution in [1.82, 2.24) is 9.47 Å². The van der Waals surface area contributed by atoms with Gasteiger partial charge in [-0.05, 0) is 121 Å². The van der Waals surface area contributed by atoms with Gasteiger partial charge in [-0.3, -0.25) is 14.4 Å². The zero-order chi connectivity index (χ0) is 33.2. The third kappa shape index (κ3) is 8.15. The van der Waals surface area contributed by atoms with Crippen LogP contribution in [0.3, 0.4) is 0 Å². The lowest BCUT2D eigenvalue weighted by Crippen LogP contribution is -2.45. The fraction of sp³-hybridized carbons (Fsp3) is 0.486. The molecule has 45 heavy (non-hydrogen) atoms. The number of aromatic nitrogens is 1. The first-order valence-corrected chi connectivity index (χ1v) is 15.9. The number of carbonyl (C=O) groups excluding carboxylic acids is 1. The predicted molar refractivity (Wildman–Crippen MR) is 174 cm³/mol. The molecule has 1 saturated heterocycles. The molecule has 0 radical (unpaired) electrons. The molecule has 1 unspecified atom stereocenters. The van der Waals surface area contributed by atoms with Crippen LogP contribution in [-0.2, 0) is 16.0 Å². The number of aryl methyl sites for hydroxylation is 4. The Balaban J connectivity index is 1.71. The SMILES string of the molecule is Cc1cc(=O)n(C(CC(C)C)C(=O)C[C@@H](CC(=O)O)c2cc(-c3c(C)cc(F)cc3C)cc(C)c2F)cc1CCN1CC(C)C1. The van der Waals surface area contributed by atoms with Gasteiger partial charge < -0.3 is 14.6 Å². The molecule has 1 N–H and O–H groups in total. The number of pyridine rings is 1. The van der Waals surface area contributed by atoms with Crippen molar-refractivity contribution in [3.8, 4) is 11.1 Å². The second kappa shape index (κ2) is 14.2. The maximum atomic E-state index is 15.8. The molecule has 3 aromatic rings. The molecule has 0 bridgehead atoms. The van der Waals surface area contributed by atoms with E-state index < -0.39 is 30.2 Å². The smallest absolute Gasteiger partial charge is 0.303 e. The minimum atomic E-state index is -1.15. The highest BCUT2D eigenvalue weighted by Crippen LogP contribution is 2.37. The van der Waals surface area contributed by atoms with Crippen LogP contribution in [0.1, 0.15) is 85.4 Å². The molecule has 2 heterocycles. The Bertz CT molecular complexity index is 1620.